The monoisotopic (exact) mass is 390 g/mol. The first-order valence-corrected chi connectivity index (χ1v) is 7.06. The van der Waals surface area contributed by atoms with E-state index in [-0.39, 0.29) is 17.0 Å². The minimum Gasteiger partial charge on any atom is -0.444 e. The van der Waals surface area contributed by atoms with Gasteiger partial charge in [0.15, 0.2) is 10.4 Å². The summed E-state index contributed by atoms with van der Waals surface area (Å²) in [6, 6.07) is 8.64. The second-order valence-corrected chi connectivity index (χ2v) is 5.18. The molecule has 0 atom stereocenters. The highest BCUT2D eigenvalue weighted by Gasteiger charge is 2.28. The fraction of sp³-hybridized carbons (Fsp3) is 0.143. The van der Waals surface area contributed by atoms with E-state index in [1.807, 2.05) is 0 Å². The Labute approximate surface area is 137 Å². The average molecular weight is 391 g/mol. The third kappa shape index (κ3) is 4.85. The van der Waals surface area contributed by atoms with Gasteiger partial charge in [-0.15, -0.1) is 0 Å². The molecule has 122 valence electrons. The molecule has 0 aliphatic heterocycles. The lowest BCUT2D eigenvalue weighted by atomic mass is 10.1. The molecule has 2 N–H and O–H groups in total. The molecule has 0 fully saturated rings. The van der Waals surface area contributed by atoms with E-state index in [1.165, 1.54) is 36.4 Å². The SMILES string of the molecule is O=C(Nc1ccccc1C(=O)NCC(F)(F)F)c1ccc(Br)o1. The molecule has 0 aliphatic carbocycles. The van der Waals surface area contributed by atoms with E-state index in [4.69, 9.17) is 4.42 Å². The zero-order valence-electron chi connectivity index (χ0n) is 11.4. The summed E-state index contributed by atoms with van der Waals surface area (Å²) in [6.45, 7) is -1.46. The van der Waals surface area contributed by atoms with E-state index in [0.29, 0.717) is 4.67 Å². The lowest BCUT2D eigenvalue weighted by Crippen LogP contribution is -2.34. The van der Waals surface area contributed by atoms with Crippen molar-refractivity contribution in [3.63, 3.8) is 0 Å². The average Bonchev–Trinajstić information content (AvgIpc) is 2.91. The normalized spacial score (nSPS) is 11.1. The number of para-hydroxylation sites is 1. The largest absolute Gasteiger partial charge is 0.444 e. The van der Waals surface area contributed by atoms with Crippen LogP contribution in [-0.2, 0) is 0 Å². The summed E-state index contributed by atoms with van der Waals surface area (Å²) in [5, 5.41) is 4.17. The number of amides is 2. The van der Waals surface area contributed by atoms with Crippen LogP contribution in [0.2, 0.25) is 0 Å². The Morgan fingerprint density at radius 2 is 1.78 bits per heavy atom. The number of halogens is 4. The Morgan fingerprint density at radius 1 is 1.09 bits per heavy atom. The minimum atomic E-state index is -4.52. The molecule has 0 aliphatic rings. The number of anilines is 1. The fourth-order valence-electron chi connectivity index (χ4n) is 1.69. The number of alkyl halides is 3. The van der Waals surface area contributed by atoms with Gasteiger partial charge in [-0.1, -0.05) is 12.1 Å². The summed E-state index contributed by atoms with van der Waals surface area (Å²) in [5.74, 6) is -1.59. The number of hydrogen-bond acceptors (Lipinski definition) is 3. The number of carbonyl (C=O) groups is 2. The van der Waals surface area contributed by atoms with E-state index >= 15 is 0 Å². The van der Waals surface area contributed by atoms with Crippen molar-refractivity contribution in [2.45, 2.75) is 6.18 Å². The molecule has 0 saturated carbocycles. The maximum absolute atomic E-state index is 12.2. The van der Waals surface area contributed by atoms with Gasteiger partial charge in [-0.25, -0.2) is 0 Å². The van der Waals surface area contributed by atoms with Crippen LogP contribution in [0.5, 0.6) is 0 Å². The van der Waals surface area contributed by atoms with Gasteiger partial charge in [0.2, 0.25) is 0 Å². The summed E-state index contributed by atoms with van der Waals surface area (Å²) in [7, 11) is 0. The van der Waals surface area contributed by atoms with E-state index in [2.05, 4.69) is 21.2 Å². The molecule has 23 heavy (non-hydrogen) atoms. The molecular weight excluding hydrogens is 381 g/mol. The van der Waals surface area contributed by atoms with Crippen LogP contribution in [0.25, 0.3) is 0 Å². The van der Waals surface area contributed by atoms with Crippen molar-refractivity contribution in [3.8, 4) is 0 Å². The number of rotatable bonds is 4. The highest BCUT2D eigenvalue weighted by Crippen LogP contribution is 2.19. The van der Waals surface area contributed by atoms with Gasteiger partial charge < -0.3 is 15.1 Å². The van der Waals surface area contributed by atoms with E-state index in [1.54, 1.807) is 5.32 Å². The Morgan fingerprint density at radius 3 is 2.39 bits per heavy atom. The molecule has 1 aromatic carbocycles. The Balaban J connectivity index is 2.14. The first-order valence-electron chi connectivity index (χ1n) is 6.27. The fourth-order valence-corrected chi connectivity index (χ4v) is 1.99. The van der Waals surface area contributed by atoms with Crippen LogP contribution in [-0.4, -0.2) is 24.5 Å². The summed E-state index contributed by atoms with van der Waals surface area (Å²) in [6.07, 6.45) is -4.52. The van der Waals surface area contributed by atoms with Crippen molar-refractivity contribution >= 4 is 33.4 Å². The summed E-state index contributed by atoms with van der Waals surface area (Å²) < 4.78 is 41.9. The van der Waals surface area contributed by atoms with E-state index in [0.717, 1.165) is 0 Å². The van der Waals surface area contributed by atoms with Crippen LogP contribution >= 0.6 is 15.9 Å². The van der Waals surface area contributed by atoms with Gasteiger partial charge in [-0.3, -0.25) is 9.59 Å². The first kappa shape index (κ1) is 17.1. The van der Waals surface area contributed by atoms with E-state index < -0.39 is 24.5 Å². The van der Waals surface area contributed by atoms with Crippen LogP contribution < -0.4 is 10.6 Å². The molecule has 0 bridgehead atoms. The van der Waals surface area contributed by atoms with E-state index in [9.17, 15) is 22.8 Å². The number of benzene rings is 1. The zero-order chi connectivity index (χ0) is 17.0. The van der Waals surface area contributed by atoms with Crippen LogP contribution in [0.1, 0.15) is 20.9 Å². The van der Waals surface area contributed by atoms with Gasteiger partial charge in [0.05, 0.1) is 11.3 Å². The smallest absolute Gasteiger partial charge is 0.405 e. The van der Waals surface area contributed by atoms with Crippen molar-refractivity contribution in [1.82, 2.24) is 5.32 Å². The Hall–Kier alpha value is -2.29. The minimum absolute atomic E-state index is 0.0117. The lowest BCUT2D eigenvalue weighted by Gasteiger charge is -2.12. The molecule has 0 unspecified atom stereocenters. The molecule has 0 spiro atoms. The van der Waals surface area contributed by atoms with Crippen LogP contribution in [0.3, 0.4) is 0 Å². The van der Waals surface area contributed by atoms with Crippen LogP contribution in [0.4, 0.5) is 18.9 Å². The molecule has 5 nitrogen and oxygen atoms in total. The van der Waals surface area contributed by atoms with Gasteiger partial charge in [-0.05, 0) is 40.2 Å². The molecular formula is C14H10BrF3N2O3. The zero-order valence-corrected chi connectivity index (χ0v) is 13.0. The second kappa shape index (κ2) is 6.86. The van der Waals surface area contributed by atoms with Crippen molar-refractivity contribution in [2.75, 3.05) is 11.9 Å². The third-order valence-electron chi connectivity index (χ3n) is 2.67. The Bertz CT molecular complexity index is 728. The van der Waals surface area contributed by atoms with Gasteiger partial charge in [0.1, 0.15) is 6.54 Å². The highest BCUT2D eigenvalue weighted by molar-refractivity contribution is 9.10. The highest BCUT2D eigenvalue weighted by atomic mass is 79.9. The van der Waals surface area contributed by atoms with Gasteiger partial charge in [0, 0.05) is 0 Å². The quantitative estimate of drug-likeness (QED) is 0.837. The molecule has 0 saturated heterocycles. The number of furan rings is 1. The molecule has 1 aromatic heterocycles. The maximum atomic E-state index is 12.2. The first-order chi connectivity index (χ1) is 10.8. The number of carbonyl (C=O) groups excluding carboxylic acids is 2. The van der Waals surface area contributed by atoms with Gasteiger partial charge >= 0.3 is 6.18 Å². The molecule has 0 radical (unpaired) electrons. The number of nitrogens with one attached hydrogen (secondary N) is 2. The molecule has 2 rings (SSSR count). The standard InChI is InChI=1S/C14H10BrF3N2O3/c15-11-6-5-10(23-11)13(22)20-9-4-2-1-3-8(9)12(21)19-7-14(16,17)18/h1-6H,7H2,(H,19,21)(H,20,22). The summed E-state index contributed by atoms with van der Waals surface area (Å²) in [5.41, 5.74) is -0.0135. The van der Waals surface area contributed by atoms with Crippen LogP contribution in [0.15, 0.2) is 45.5 Å². The molecule has 2 amide bonds. The summed E-state index contributed by atoms with van der Waals surface area (Å²) >= 11 is 3.05. The van der Waals surface area contributed by atoms with Crippen molar-refractivity contribution in [1.29, 1.82) is 0 Å². The van der Waals surface area contributed by atoms with Gasteiger partial charge in [-0.2, -0.15) is 13.2 Å². The van der Waals surface area contributed by atoms with Gasteiger partial charge in [0.25, 0.3) is 11.8 Å². The molecule has 2 aromatic rings. The van der Waals surface area contributed by atoms with Crippen molar-refractivity contribution in [3.05, 3.63) is 52.4 Å². The number of hydrogen-bond donors (Lipinski definition) is 2. The maximum Gasteiger partial charge on any atom is 0.405 e. The molecule has 1 heterocycles. The third-order valence-corrected chi connectivity index (χ3v) is 3.09. The predicted molar refractivity (Wildman–Crippen MR) is 79.2 cm³/mol. The summed E-state index contributed by atoms with van der Waals surface area (Å²) in [4.78, 5) is 23.8. The topological polar surface area (TPSA) is 71.3 Å². The second-order valence-electron chi connectivity index (χ2n) is 4.40. The van der Waals surface area contributed by atoms with Crippen molar-refractivity contribution in [2.24, 2.45) is 0 Å². The van der Waals surface area contributed by atoms with Crippen LogP contribution in [0, 0.1) is 0 Å². The Kier molecular flexibility index (Phi) is 5.09. The lowest BCUT2D eigenvalue weighted by molar-refractivity contribution is -0.123. The van der Waals surface area contributed by atoms with Crippen molar-refractivity contribution < 1.29 is 27.2 Å². The molecule has 9 heteroatoms. The predicted octanol–water partition coefficient (Wildman–Crippen LogP) is 3.59.